The monoisotopic (exact) mass is 388 g/mol. The van der Waals surface area contributed by atoms with Crippen molar-refractivity contribution in [3.8, 4) is 5.69 Å². The number of halogens is 1. The lowest BCUT2D eigenvalue weighted by molar-refractivity contribution is 0.102. The number of nitrogens with zero attached hydrogens (tertiary/aromatic N) is 4. The minimum atomic E-state index is 0.0376. The van der Waals surface area contributed by atoms with Crippen LogP contribution in [0.15, 0.2) is 58.2 Å². The summed E-state index contributed by atoms with van der Waals surface area (Å²) < 4.78 is 2.55. The summed E-state index contributed by atoms with van der Waals surface area (Å²) in [4.78, 5) is 12.3. The zero-order valence-corrected chi connectivity index (χ0v) is 14.7. The molecule has 3 aromatic rings. The molecule has 0 aliphatic carbocycles. The standard InChI is InChI=1S/C16H13BrN4OS/c1-11-5-2-3-8-14(11)21-16(18-19-20-21)23-10-15(22)12-6-4-7-13(17)9-12/h2-9H,10H2,1H3. The number of rotatable bonds is 5. The summed E-state index contributed by atoms with van der Waals surface area (Å²) in [6.07, 6.45) is 0. The van der Waals surface area contributed by atoms with Gasteiger partial charge in [0, 0.05) is 10.0 Å². The Balaban J connectivity index is 1.76. The van der Waals surface area contributed by atoms with Crippen molar-refractivity contribution in [3.63, 3.8) is 0 Å². The largest absolute Gasteiger partial charge is 0.293 e. The van der Waals surface area contributed by atoms with Crippen LogP contribution in [0.3, 0.4) is 0 Å². The SMILES string of the molecule is Cc1ccccc1-n1nnnc1SCC(=O)c1cccc(Br)c1. The Bertz CT molecular complexity index is 849. The van der Waals surface area contributed by atoms with Crippen LogP contribution in [0.4, 0.5) is 0 Å². The average Bonchev–Trinajstić information content (AvgIpc) is 3.01. The van der Waals surface area contributed by atoms with E-state index in [1.165, 1.54) is 11.8 Å². The molecular formula is C16H13BrN4OS. The lowest BCUT2D eigenvalue weighted by Gasteiger charge is -2.07. The van der Waals surface area contributed by atoms with E-state index >= 15 is 0 Å². The molecule has 7 heteroatoms. The third kappa shape index (κ3) is 3.68. The van der Waals surface area contributed by atoms with Crippen molar-refractivity contribution in [3.05, 3.63) is 64.1 Å². The van der Waals surface area contributed by atoms with E-state index < -0.39 is 0 Å². The maximum atomic E-state index is 12.3. The summed E-state index contributed by atoms with van der Waals surface area (Å²) in [5.41, 5.74) is 2.65. The fourth-order valence-electron chi connectivity index (χ4n) is 2.10. The van der Waals surface area contributed by atoms with E-state index in [4.69, 9.17) is 0 Å². The minimum absolute atomic E-state index is 0.0376. The molecule has 0 saturated heterocycles. The van der Waals surface area contributed by atoms with Crippen molar-refractivity contribution >= 4 is 33.5 Å². The number of carbonyl (C=O) groups is 1. The van der Waals surface area contributed by atoms with Gasteiger partial charge in [-0.15, -0.1) is 5.10 Å². The van der Waals surface area contributed by atoms with E-state index in [9.17, 15) is 4.79 Å². The van der Waals surface area contributed by atoms with Gasteiger partial charge in [-0.2, -0.15) is 4.68 Å². The van der Waals surface area contributed by atoms with E-state index in [1.54, 1.807) is 10.7 Å². The van der Waals surface area contributed by atoms with Crippen LogP contribution in [0, 0.1) is 6.92 Å². The third-order valence-electron chi connectivity index (χ3n) is 3.26. The van der Waals surface area contributed by atoms with Crippen LogP contribution in [0.25, 0.3) is 5.69 Å². The van der Waals surface area contributed by atoms with Crippen LogP contribution in [-0.2, 0) is 0 Å². The number of tetrazole rings is 1. The van der Waals surface area contributed by atoms with Gasteiger partial charge < -0.3 is 0 Å². The summed E-state index contributed by atoms with van der Waals surface area (Å²) in [6.45, 7) is 2.00. The second kappa shape index (κ2) is 7.06. The van der Waals surface area contributed by atoms with E-state index in [1.807, 2.05) is 49.4 Å². The number of ketones is 1. The molecule has 0 spiro atoms. The quantitative estimate of drug-likeness (QED) is 0.492. The fourth-order valence-corrected chi connectivity index (χ4v) is 3.27. The van der Waals surface area contributed by atoms with Crippen LogP contribution in [0.2, 0.25) is 0 Å². The number of hydrogen-bond acceptors (Lipinski definition) is 5. The summed E-state index contributed by atoms with van der Waals surface area (Å²) in [6, 6.07) is 15.2. The first-order chi connectivity index (χ1) is 11.1. The topological polar surface area (TPSA) is 60.7 Å². The molecule has 23 heavy (non-hydrogen) atoms. The summed E-state index contributed by atoms with van der Waals surface area (Å²) in [5, 5.41) is 12.4. The normalized spacial score (nSPS) is 10.7. The molecule has 0 saturated carbocycles. The molecule has 116 valence electrons. The van der Waals surface area contributed by atoms with Gasteiger partial charge in [0.2, 0.25) is 5.16 Å². The number of carbonyl (C=O) groups excluding carboxylic acids is 1. The number of benzene rings is 2. The molecule has 1 heterocycles. The van der Waals surface area contributed by atoms with Gasteiger partial charge in [-0.25, -0.2) is 0 Å². The van der Waals surface area contributed by atoms with Crippen LogP contribution >= 0.6 is 27.7 Å². The number of hydrogen-bond donors (Lipinski definition) is 0. The number of aromatic nitrogens is 4. The highest BCUT2D eigenvalue weighted by Crippen LogP contribution is 2.22. The summed E-state index contributed by atoms with van der Waals surface area (Å²) >= 11 is 4.70. The zero-order valence-electron chi connectivity index (χ0n) is 12.3. The van der Waals surface area contributed by atoms with E-state index in [2.05, 4.69) is 31.5 Å². The Morgan fingerprint density at radius 1 is 1.22 bits per heavy atom. The molecule has 0 N–H and O–H groups in total. The number of thioether (sulfide) groups is 1. The summed E-state index contributed by atoms with van der Waals surface area (Å²) in [5.74, 6) is 0.318. The van der Waals surface area contributed by atoms with Gasteiger partial charge in [-0.05, 0) is 41.1 Å². The van der Waals surface area contributed by atoms with Gasteiger partial charge in [0.15, 0.2) is 5.78 Å². The van der Waals surface area contributed by atoms with Crippen molar-refractivity contribution in [2.75, 3.05) is 5.75 Å². The van der Waals surface area contributed by atoms with Crippen molar-refractivity contribution < 1.29 is 4.79 Å². The van der Waals surface area contributed by atoms with Crippen LogP contribution < -0.4 is 0 Å². The first kappa shape index (κ1) is 15.9. The lowest BCUT2D eigenvalue weighted by Crippen LogP contribution is -2.05. The molecule has 2 aromatic carbocycles. The highest BCUT2D eigenvalue weighted by Gasteiger charge is 2.14. The van der Waals surface area contributed by atoms with Crippen LogP contribution in [0.5, 0.6) is 0 Å². The van der Waals surface area contributed by atoms with Gasteiger partial charge in [0.05, 0.1) is 11.4 Å². The highest BCUT2D eigenvalue weighted by molar-refractivity contribution is 9.10. The molecule has 0 atom stereocenters. The Kier molecular flexibility index (Phi) is 4.88. The van der Waals surface area contributed by atoms with Crippen LogP contribution in [-0.4, -0.2) is 31.7 Å². The smallest absolute Gasteiger partial charge is 0.214 e. The Morgan fingerprint density at radius 3 is 2.83 bits per heavy atom. The maximum Gasteiger partial charge on any atom is 0.214 e. The molecule has 0 amide bonds. The molecule has 0 radical (unpaired) electrons. The number of para-hydroxylation sites is 1. The Labute approximate surface area is 146 Å². The molecule has 0 aliphatic rings. The molecular weight excluding hydrogens is 376 g/mol. The molecule has 0 bridgehead atoms. The van der Waals surface area contributed by atoms with Crippen molar-refractivity contribution in [1.29, 1.82) is 0 Å². The molecule has 5 nitrogen and oxygen atoms in total. The molecule has 3 rings (SSSR count). The Morgan fingerprint density at radius 2 is 2.04 bits per heavy atom. The second-order valence-corrected chi connectivity index (χ2v) is 6.74. The number of aryl methyl sites for hydroxylation is 1. The van der Waals surface area contributed by atoms with Gasteiger partial charge in [0.25, 0.3) is 0 Å². The molecule has 0 aliphatic heterocycles. The second-order valence-electron chi connectivity index (χ2n) is 4.88. The van der Waals surface area contributed by atoms with E-state index in [0.29, 0.717) is 10.7 Å². The predicted molar refractivity (Wildman–Crippen MR) is 93.1 cm³/mol. The molecule has 0 unspecified atom stereocenters. The zero-order chi connectivity index (χ0) is 16.2. The van der Waals surface area contributed by atoms with Crippen molar-refractivity contribution in [1.82, 2.24) is 20.2 Å². The average molecular weight is 389 g/mol. The van der Waals surface area contributed by atoms with E-state index in [0.717, 1.165) is 15.7 Å². The van der Waals surface area contributed by atoms with E-state index in [-0.39, 0.29) is 11.5 Å². The van der Waals surface area contributed by atoms with Gasteiger partial charge in [0.1, 0.15) is 0 Å². The third-order valence-corrected chi connectivity index (χ3v) is 4.68. The molecule has 0 fully saturated rings. The first-order valence-electron chi connectivity index (χ1n) is 6.91. The minimum Gasteiger partial charge on any atom is -0.293 e. The van der Waals surface area contributed by atoms with Crippen molar-refractivity contribution in [2.24, 2.45) is 0 Å². The Hall–Kier alpha value is -1.99. The highest BCUT2D eigenvalue weighted by atomic mass is 79.9. The van der Waals surface area contributed by atoms with Gasteiger partial charge >= 0.3 is 0 Å². The number of Topliss-reactive ketones (excluding diaryl/α,β-unsaturated/α-hetero) is 1. The van der Waals surface area contributed by atoms with Gasteiger partial charge in [-0.3, -0.25) is 4.79 Å². The fraction of sp³-hybridized carbons (Fsp3) is 0.125. The lowest BCUT2D eigenvalue weighted by atomic mass is 10.2. The first-order valence-corrected chi connectivity index (χ1v) is 8.69. The molecule has 1 aromatic heterocycles. The van der Waals surface area contributed by atoms with Crippen molar-refractivity contribution in [2.45, 2.75) is 12.1 Å². The maximum absolute atomic E-state index is 12.3. The predicted octanol–water partition coefficient (Wildman–Crippen LogP) is 3.71. The van der Waals surface area contributed by atoms with Gasteiger partial charge in [-0.1, -0.05) is 58.0 Å². The summed E-state index contributed by atoms with van der Waals surface area (Å²) in [7, 11) is 0. The van der Waals surface area contributed by atoms with Crippen LogP contribution in [0.1, 0.15) is 15.9 Å².